The molecule has 1 rings (SSSR count). The molecule has 15 heavy (non-hydrogen) atoms. The van der Waals surface area contributed by atoms with E-state index in [1.165, 1.54) is 0 Å². The van der Waals surface area contributed by atoms with E-state index in [9.17, 15) is 17.6 Å². The average molecular weight is 273 g/mol. The Morgan fingerprint density at radius 2 is 1.93 bits per heavy atom. The van der Waals surface area contributed by atoms with Crippen LogP contribution in [0.25, 0.3) is 0 Å². The highest BCUT2D eigenvalue weighted by atomic mass is 35.7. The van der Waals surface area contributed by atoms with Crippen molar-refractivity contribution < 1.29 is 22.7 Å². The molecule has 0 fully saturated rings. The predicted molar refractivity (Wildman–Crippen MR) is 51.4 cm³/mol. The first-order chi connectivity index (χ1) is 6.75. The van der Waals surface area contributed by atoms with Crippen LogP contribution < -0.4 is 0 Å². The van der Waals surface area contributed by atoms with Gasteiger partial charge in [0.1, 0.15) is 16.3 Å². The number of rotatable bonds is 2. The molecular formula is C7H3Cl2FO4S. The van der Waals surface area contributed by atoms with E-state index in [1.54, 1.807) is 0 Å². The third-order valence-electron chi connectivity index (χ3n) is 1.52. The lowest BCUT2D eigenvalue weighted by Crippen LogP contribution is -2.08. The fraction of sp³-hybridized carbons (Fsp3) is 0. The summed E-state index contributed by atoms with van der Waals surface area (Å²) in [5.74, 6) is -2.93. The van der Waals surface area contributed by atoms with Crippen molar-refractivity contribution in [2.24, 2.45) is 0 Å². The van der Waals surface area contributed by atoms with E-state index in [0.717, 1.165) is 12.1 Å². The molecule has 8 heteroatoms. The van der Waals surface area contributed by atoms with Gasteiger partial charge in [-0.3, -0.25) is 0 Å². The molecule has 0 aliphatic carbocycles. The van der Waals surface area contributed by atoms with Crippen molar-refractivity contribution in [1.82, 2.24) is 0 Å². The minimum absolute atomic E-state index is 0.400. The molecule has 0 heterocycles. The van der Waals surface area contributed by atoms with Crippen molar-refractivity contribution in [2.45, 2.75) is 4.90 Å². The van der Waals surface area contributed by atoms with E-state index < -0.39 is 36.3 Å². The highest BCUT2D eigenvalue weighted by molar-refractivity contribution is 8.13. The first kappa shape index (κ1) is 12.2. The van der Waals surface area contributed by atoms with Crippen molar-refractivity contribution >= 4 is 37.3 Å². The number of aromatic carboxylic acids is 1. The second-order valence-corrected chi connectivity index (χ2v) is 5.39. The lowest BCUT2D eigenvalue weighted by Gasteiger charge is -2.05. The van der Waals surface area contributed by atoms with Crippen molar-refractivity contribution in [2.75, 3.05) is 0 Å². The lowest BCUT2D eigenvalue weighted by atomic mass is 10.2. The highest BCUT2D eigenvalue weighted by Gasteiger charge is 2.27. The van der Waals surface area contributed by atoms with Gasteiger partial charge in [-0.05, 0) is 12.1 Å². The fourth-order valence-corrected chi connectivity index (χ4v) is 2.46. The molecule has 0 amide bonds. The maximum Gasteiger partial charge on any atom is 0.338 e. The minimum Gasteiger partial charge on any atom is -0.478 e. The Kier molecular flexibility index (Phi) is 3.22. The number of carboxylic acid groups (broad SMARTS) is 1. The van der Waals surface area contributed by atoms with Crippen LogP contribution in [0.1, 0.15) is 10.4 Å². The second kappa shape index (κ2) is 3.96. The molecule has 0 saturated carbocycles. The summed E-state index contributed by atoms with van der Waals surface area (Å²) < 4.78 is 35.0. The molecule has 1 aromatic rings. The van der Waals surface area contributed by atoms with Gasteiger partial charge in [0, 0.05) is 10.7 Å². The number of benzene rings is 1. The molecule has 0 unspecified atom stereocenters. The number of carboxylic acids is 1. The van der Waals surface area contributed by atoms with Crippen LogP contribution in [0.2, 0.25) is 5.02 Å². The first-order valence-corrected chi connectivity index (χ1v) is 6.10. The molecule has 1 N–H and O–H groups in total. The van der Waals surface area contributed by atoms with Gasteiger partial charge in [0.05, 0.1) is 5.02 Å². The smallest absolute Gasteiger partial charge is 0.338 e. The van der Waals surface area contributed by atoms with Crippen LogP contribution in [0.15, 0.2) is 17.0 Å². The molecule has 0 spiro atoms. The van der Waals surface area contributed by atoms with E-state index in [0.29, 0.717) is 0 Å². The molecular weight excluding hydrogens is 270 g/mol. The van der Waals surface area contributed by atoms with Gasteiger partial charge in [-0.15, -0.1) is 0 Å². The van der Waals surface area contributed by atoms with Crippen LogP contribution in [0.5, 0.6) is 0 Å². The third-order valence-corrected chi connectivity index (χ3v) is 3.18. The highest BCUT2D eigenvalue weighted by Crippen LogP contribution is 2.29. The minimum atomic E-state index is -4.50. The summed E-state index contributed by atoms with van der Waals surface area (Å²) >= 11 is 5.43. The van der Waals surface area contributed by atoms with Crippen LogP contribution in [0.3, 0.4) is 0 Å². The summed E-state index contributed by atoms with van der Waals surface area (Å²) in [5, 5.41) is 8.26. The summed E-state index contributed by atoms with van der Waals surface area (Å²) in [6, 6.07) is 1.66. The molecule has 0 aromatic heterocycles. The average Bonchev–Trinajstić information content (AvgIpc) is 2.05. The zero-order valence-corrected chi connectivity index (χ0v) is 9.20. The molecule has 0 bridgehead atoms. The SMILES string of the molecule is O=C(O)c1c(Cl)ccc(F)c1S(=O)(=O)Cl. The van der Waals surface area contributed by atoms with E-state index in [4.69, 9.17) is 27.4 Å². The van der Waals surface area contributed by atoms with Gasteiger partial charge < -0.3 is 5.11 Å². The van der Waals surface area contributed by atoms with Crippen LogP contribution in [0, 0.1) is 5.82 Å². The van der Waals surface area contributed by atoms with Crippen LogP contribution >= 0.6 is 22.3 Å². The molecule has 0 aliphatic rings. The van der Waals surface area contributed by atoms with E-state index in [-0.39, 0.29) is 0 Å². The van der Waals surface area contributed by atoms with Gasteiger partial charge in [-0.2, -0.15) is 0 Å². The Morgan fingerprint density at radius 1 is 1.40 bits per heavy atom. The van der Waals surface area contributed by atoms with Crippen molar-refractivity contribution in [3.8, 4) is 0 Å². The summed E-state index contributed by atoms with van der Waals surface area (Å²) in [6.45, 7) is 0. The molecule has 0 aliphatic heterocycles. The summed E-state index contributed by atoms with van der Waals surface area (Å²) in [7, 11) is 0.396. The Balaban J connectivity index is 3.76. The standard InChI is InChI=1S/C7H3Cl2FO4S/c8-3-1-2-4(10)6(15(9,13)14)5(3)7(11)12/h1-2H,(H,11,12). The molecule has 0 atom stereocenters. The summed E-state index contributed by atoms with van der Waals surface area (Å²) in [4.78, 5) is 9.55. The molecule has 0 saturated heterocycles. The summed E-state index contributed by atoms with van der Waals surface area (Å²) in [6.07, 6.45) is 0. The van der Waals surface area contributed by atoms with Crippen molar-refractivity contribution in [3.05, 3.63) is 28.5 Å². The van der Waals surface area contributed by atoms with Crippen LogP contribution in [-0.4, -0.2) is 19.5 Å². The molecule has 4 nitrogen and oxygen atoms in total. The first-order valence-electron chi connectivity index (χ1n) is 3.41. The zero-order valence-electron chi connectivity index (χ0n) is 6.87. The number of halogens is 3. The van der Waals surface area contributed by atoms with Gasteiger partial charge >= 0.3 is 5.97 Å². The van der Waals surface area contributed by atoms with Gasteiger partial charge in [0.25, 0.3) is 9.05 Å². The van der Waals surface area contributed by atoms with Crippen LogP contribution in [-0.2, 0) is 9.05 Å². The maximum absolute atomic E-state index is 13.1. The van der Waals surface area contributed by atoms with Crippen molar-refractivity contribution in [1.29, 1.82) is 0 Å². The topological polar surface area (TPSA) is 71.4 Å². The Hall–Kier alpha value is -0.850. The quantitative estimate of drug-likeness (QED) is 0.837. The number of carbonyl (C=O) groups is 1. The Bertz CT molecular complexity index is 526. The summed E-state index contributed by atoms with van der Waals surface area (Å²) in [5.41, 5.74) is -0.869. The van der Waals surface area contributed by atoms with E-state index in [2.05, 4.69) is 0 Å². The fourth-order valence-electron chi connectivity index (χ4n) is 0.971. The Labute approximate surface area is 93.7 Å². The van der Waals surface area contributed by atoms with Crippen LogP contribution in [0.4, 0.5) is 4.39 Å². The van der Waals surface area contributed by atoms with E-state index >= 15 is 0 Å². The van der Waals surface area contributed by atoms with Gasteiger partial charge in [-0.1, -0.05) is 11.6 Å². The number of hydrogen-bond donors (Lipinski definition) is 1. The molecule has 1 aromatic carbocycles. The van der Waals surface area contributed by atoms with Gasteiger partial charge in [0.15, 0.2) is 0 Å². The monoisotopic (exact) mass is 272 g/mol. The van der Waals surface area contributed by atoms with E-state index in [1.807, 2.05) is 0 Å². The van der Waals surface area contributed by atoms with Gasteiger partial charge in [0.2, 0.25) is 0 Å². The second-order valence-electron chi connectivity index (χ2n) is 2.48. The largest absolute Gasteiger partial charge is 0.478 e. The maximum atomic E-state index is 13.1. The van der Waals surface area contributed by atoms with Gasteiger partial charge in [-0.25, -0.2) is 17.6 Å². The molecule has 82 valence electrons. The lowest BCUT2D eigenvalue weighted by molar-refractivity contribution is 0.0692. The third kappa shape index (κ3) is 2.39. The predicted octanol–water partition coefficient (Wildman–Crippen LogP) is 2.10. The van der Waals surface area contributed by atoms with Crippen molar-refractivity contribution in [3.63, 3.8) is 0 Å². The Morgan fingerprint density at radius 3 is 2.27 bits per heavy atom. The number of hydrogen-bond acceptors (Lipinski definition) is 3. The normalized spacial score (nSPS) is 11.4. The molecule has 0 radical (unpaired) electrons. The zero-order chi connectivity index (χ0) is 11.8.